The van der Waals surface area contributed by atoms with Crippen molar-refractivity contribution < 1.29 is 4.74 Å². The number of hydrogen-bond donors (Lipinski definition) is 1. The van der Waals surface area contributed by atoms with E-state index in [0.29, 0.717) is 6.04 Å². The molecule has 0 bridgehead atoms. The van der Waals surface area contributed by atoms with Gasteiger partial charge in [0, 0.05) is 33.3 Å². The summed E-state index contributed by atoms with van der Waals surface area (Å²) >= 11 is 3.51. The van der Waals surface area contributed by atoms with Crippen LogP contribution in [0.3, 0.4) is 0 Å². The Kier molecular flexibility index (Phi) is 5.49. The Morgan fingerprint density at radius 3 is 2.65 bits per heavy atom. The van der Waals surface area contributed by atoms with Crippen molar-refractivity contribution in [3.63, 3.8) is 0 Å². The molecule has 0 radical (unpaired) electrons. The molecule has 1 fully saturated rings. The molecular weight excluding hydrogens is 448 g/mol. The van der Waals surface area contributed by atoms with Gasteiger partial charge in [0.25, 0.3) is 0 Å². The van der Waals surface area contributed by atoms with Gasteiger partial charge in [0.1, 0.15) is 5.75 Å². The van der Waals surface area contributed by atoms with Crippen LogP contribution in [0.5, 0.6) is 5.75 Å². The van der Waals surface area contributed by atoms with Crippen molar-refractivity contribution >= 4 is 21.6 Å². The predicted octanol–water partition coefficient (Wildman–Crippen LogP) is 7.26. The molecule has 5 rings (SSSR count). The third kappa shape index (κ3) is 3.74. The van der Waals surface area contributed by atoms with Crippen LogP contribution in [0.4, 0.5) is 5.69 Å². The Bertz CT molecular complexity index is 1100. The van der Waals surface area contributed by atoms with Crippen LogP contribution in [0, 0.1) is 0 Å². The van der Waals surface area contributed by atoms with Crippen molar-refractivity contribution in [1.82, 2.24) is 4.90 Å². The van der Waals surface area contributed by atoms with Gasteiger partial charge < -0.3 is 15.0 Å². The largest absolute Gasteiger partial charge is 0.496 e. The van der Waals surface area contributed by atoms with E-state index >= 15 is 0 Å². The summed E-state index contributed by atoms with van der Waals surface area (Å²) in [6.45, 7) is 4.41. The maximum Gasteiger partial charge on any atom is 0.122 e. The number of methoxy groups -OCH3 is 1. The lowest BCUT2D eigenvalue weighted by Gasteiger charge is -2.38. The van der Waals surface area contributed by atoms with Gasteiger partial charge in [-0.1, -0.05) is 34.6 Å². The Hall–Kier alpha value is -2.72. The van der Waals surface area contributed by atoms with Gasteiger partial charge in [-0.2, -0.15) is 0 Å². The van der Waals surface area contributed by atoms with Gasteiger partial charge in [-0.15, -0.1) is 0 Å². The third-order valence-corrected chi connectivity index (χ3v) is 7.06. The van der Waals surface area contributed by atoms with Crippen molar-refractivity contribution in [2.24, 2.45) is 0 Å². The molecule has 1 saturated carbocycles. The van der Waals surface area contributed by atoms with Crippen LogP contribution in [-0.4, -0.2) is 12.0 Å². The van der Waals surface area contributed by atoms with E-state index in [2.05, 4.69) is 81.4 Å². The minimum absolute atomic E-state index is 0.327. The number of allylic oxidation sites excluding steroid dienone is 3. The average Bonchev–Trinajstić information content (AvgIpc) is 3.18. The van der Waals surface area contributed by atoms with Crippen LogP contribution < -0.4 is 10.1 Å². The summed E-state index contributed by atoms with van der Waals surface area (Å²) in [7, 11) is 1.77. The minimum Gasteiger partial charge on any atom is -0.496 e. The molecule has 1 aliphatic heterocycles. The van der Waals surface area contributed by atoms with E-state index in [1.54, 1.807) is 7.11 Å². The normalized spacial score (nSPS) is 19.6. The van der Waals surface area contributed by atoms with Gasteiger partial charge in [-0.3, -0.25) is 0 Å². The van der Waals surface area contributed by atoms with Crippen LogP contribution in [0.15, 0.2) is 94.4 Å². The Morgan fingerprint density at radius 1 is 1.13 bits per heavy atom. The molecule has 1 unspecified atom stereocenters. The van der Waals surface area contributed by atoms with Crippen molar-refractivity contribution in [1.29, 1.82) is 0 Å². The standard InChI is InChI=1S/C27H27BrN2O/c1-18(29-21-13-11-20(28)12-14-21)22-9-5-17-30(27(22)19-6-3-7-19)25-16-15-24-23(25)8-4-10-26(24)31-2/h4-5,8-14,17,25,29H,1,3,6-7,15-16H2,2H3. The second kappa shape index (κ2) is 8.43. The fraction of sp³-hybridized carbons (Fsp3) is 0.259. The fourth-order valence-electron chi connectivity index (χ4n) is 4.85. The molecule has 1 atom stereocenters. The van der Waals surface area contributed by atoms with E-state index in [-0.39, 0.29) is 0 Å². The first kappa shape index (κ1) is 20.2. The SMILES string of the molecule is C=C(Nc1ccc(Br)cc1)C1=CC=CN(C2CCc3c(OC)cccc32)C1=C1CCC1. The first-order valence-electron chi connectivity index (χ1n) is 10.9. The van der Waals surface area contributed by atoms with Gasteiger partial charge in [-0.05, 0) is 91.3 Å². The molecular formula is C27H27BrN2O. The van der Waals surface area contributed by atoms with Crippen LogP contribution in [0.25, 0.3) is 0 Å². The van der Waals surface area contributed by atoms with Gasteiger partial charge >= 0.3 is 0 Å². The zero-order valence-corrected chi connectivity index (χ0v) is 19.4. The fourth-order valence-corrected chi connectivity index (χ4v) is 5.11. The van der Waals surface area contributed by atoms with Crippen molar-refractivity contribution in [2.75, 3.05) is 12.4 Å². The lowest BCUT2D eigenvalue weighted by molar-refractivity contribution is 0.338. The molecule has 2 aliphatic carbocycles. The topological polar surface area (TPSA) is 24.5 Å². The Labute approximate surface area is 192 Å². The summed E-state index contributed by atoms with van der Waals surface area (Å²) in [5, 5.41) is 3.52. The highest BCUT2D eigenvalue weighted by Gasteiger charge is 2.34. The zero-order valence-electron chi connectivity index (χ0n) is 17.8. The Balaban J connectivity index is 1.47. The summed E-state index contributed by atoms with van der Waals surface area (Å²) in [5.74, 6) is 1.01. The van der Waals surface area contributed by atoms with E-state index < -0.39 is 0 Å². The number of anilines is 1. The highest BCUT2D eigenvalue weighted by Crippen LogP contribution is 2.46. The van der Waals surface area contributed by atoms with E-state index in [0.717, 1.165) is 34.4 Å². The molecule has 0 amide bonds. The third-order valence-electron chi connectivity index (χ3n) is 6.53. The molecule has 4 heteroatoms. The average molecular weight is 475 g/mol. The minimum atomic E-state index is 0.327. The van der Waals surface area contributed by atoms with E-state index in [1.165, 1.54) is 47.2 Å². The van der Waals surface area contributed by atoms with Crippen LogP contribution >= 0.6 is 15.9 Å². The number of fused-ring (bicyclic) bond motifs is 1. The molecule has 3 aliphatic rings. The second-order valence-electron chi connectivity index (χ2n) is 8.33. The number of nitrogens with zero attached hydrogens (tertiary/aromatic N) is 1. The van der Waals surface area contributed by atoms with Gasteiger partial charge in [0.2, 0.25) is 0 Å². The summed E-state index contributed by atoms with van der Waals surface area (Å²) in [4.78, 5) is 2.49. The molecule has 158 valence electrons. The zero-order chi connectivity index (χ0) is 21.4. The highest BCUT2D eigenvalue weighted by atomic mass is 79.9. The number of ether oxygens (including phenoxy) is 1. The number of hydrogen-bond acceptors (Lipinski definition) is 3. The van der Waals surface area contributed by atoms with Gasteiger partial charge in [0.05, 0.1) is 13.2 Å². The number of nitrogens with one attached hydrogen (secondary N) is 1. The van der Waals surface area contributed by atoms with Crippen molar-refractivity contribution in [2.45, 2.75) is 38.1 Å². The monoisotopic (exact) mass is 474 g/mol. The summed E-state index contributed by atoms with van der Waals surface area (Å²) in [6, 6.07) is 15.0. The molecule has 31 heavy (non-hydrogen) atoms. The molecule has 1 heterocycles. The number of benzene rings is 2. The van der Waals surface area contributed by atoms with Crippen molar-refractivity contribution in [3.05, 3.63) is 106 Å². The Morgan fingerprint density at radius 2 is 1.94 bits per heavy atom. The van der Waals surface area contributed by atoms with Gasteiger partial charge in [-0.25, -0.2) is 0 Å². The predicted molar refractivity (Wildman–Crippen MR) is 131 cm³/mol. The van der Waals surface area contributed by atoms with Crippen LogP contribution in [-0.2, 0) is 6.42 Å². The first-order chi connectivity index (χ1) is 15.2. The number of rotatable bonds is 5. The molecule has 2 aromatic carbocycles. The van der Waals surface area contributed by atoms with E-state index in [9.17, 15) is 0 Å². The van der Waals surface area contributed by atoms with Gasteiger partial charge in [0.15, 0.2) is 0 Å². The first-order valence-corrected chi connectivity index (χ1v) is 11.7. The van der Waals surface area contributed by atoms with Crippen molar-refractivity contribution in [3.8, 4) is 5.75 Å². The smallest absolute Gasteiger partial charge is 0.122 e. The van der Waals surface area contributed by atoms with Crippen LogP contribution in [0.2, 0.25) is 0 Å². The molecule has 3 nitrogen and oxygen atoms in total. The molecule has 0 saturated heterocycles. The molecule has 2 aromatic rings. The number of halogens is 1. The lowest BCUT2D eigenvalue weighted by atomic mass is 9.85. The quantitative estimate of drug-likeness (QED) is 0.493. The van der Waals surface area contributed by atoms with E-state index in [1.807, 2.05) is 12.1 Å². The maximum absolute atomic E-state index is 5.65. The second-order valence-corrected chi connectivity index (χ2v) is 9.24. The summed E-state index contributed by atoms with van der Waals surface area (Å²) in [5.41, 5.74) is 8.78. The van der Waals surface area contributed by atoms with E-state index in [4.69, 9.17) is 4.74 Å². The van der Waals surface area contributed by atoms with Crippen LogP contribution in [0.1, 0.15) is 42.9 Å². The maximum atomic E-state index is 5.65. The molecule has 0 aromatic heterocycles. The molecule has 0 spiro atoms. The molecule has 1 N–H and O–H groups in total. The highest BCUT2D eigenvalue weighted by molar-refractivity contribution is 9.10. The summed E-state index contributed by atoms with van der Waals surface area (Å²) < 4.78 is 6.72. The lowest BCUT2D eigenvalue weighted by Crippen LogP contribution is -2.28. The summed E-state index contributed by atoms with van der Waals surface area (Å²) in [6.07, 6.45) is 12.4.